The summed E-state index contributed by atoms with van der Waals surface area (Å²) in [6.45, 7) is -2.95. The van der Waals surface area contributed by atoms with Crippen molar-refractivity contribution in [2.45, 2.75) is 38.0 Å². The Morgan fingerprint density at radius 3 is 2.80 bits per heavy atom. The summed E-state index contributed by atoms with van der Waals surface area (Å²) in [4.78, 5) is 2.31. The van der Waals surface area contributed by atoms with Gasteiger partial charge in [-0.25, -0.2) is 4.39 Å². The van der Waals surface area contributed by atoms with Crippen molar-refractivity contribution in [2.75, 3.05) is 7.05 Å². The van der Waals surface area contributed by atoms with Crippen molar-refractivity contribution < 1.29 is 17.9 Å². The van der Waals surface area contributed by atoms with Gasteiger partial charge in [0.05, 0.1) is 0 Å². The average molecular weight is 283 g/mol. The van der Waals surface area contributed by atoms with E-state index in [1.807, 2.05) is 0 Å². The van der Waals surface area contributed by atoms with Crippen molar-refractivity contribution in [3.05, 3.63) is 35.7 Å². The van der Waals surface area contributed by atoms with Gasteiger partial charge in [-0.05, 0) is 44.0 Å². The quantitative estimate of drug-likeness (QED) is 0.839. The normalized spacial score (nSPS) is 25.9. The fourth-order valence-electron chi connectivity index (χ4n) is 3.20. The maximum Gasteiger partial charge on any atom is 0.387 e. The largest absolute Gasteiger partial charge is 0.434 e. The number of fused-ring (bicyclic) bond motifs is 2. The van der Waals surface area contributed by atoms with E-state index in [1.165, 1.54) is 12.1 Å². The number of hydrogen-bond acceptors (Lipinski definition) is 2. The molecule has 108 valence electrons. The van der Waals surface area contributed by atoms with Crippen LogP contribution in [0.4, 0.5) is 13.2 Å². The summed E-state index contributed by atoms with van der Waals surface area (Å²) in [7, 11) is 2.08. The molecular weight excluding hydrogens is 267 g/mol. The molecule has 0 N–H and O–H groups in total. The molecule has 2 heterocycles. The molecule has 0 aromatic heterocycles. The Morgan fingerprint density at radius 2 is 2.10 bits per heavy atom. The Hall–Kier alpha value is -1.49. The maximum absolute atomic E-state index is 13.2. The van der Waals surface area contributed by atoms with Crippen LogP contribution in [-0.4, -0.2) is 30.6 Å². The highest BCUT2D eigenvalue weighted by molar-refractivity contribution is 5.72. The molecule has 0 amide bonds. The molecular formula is C15H16F3NO. The van der Waals surface area contributed by atoms with E-state index < -0.39 is 12.4 Å². The fourth-order valence-corrected chi connectivity index (χ4v) is 3.20. The van der Waals surface area contributed by atoms with Crippen LogP contribution in [0.5, 0.6) is 5.75 Å². The van der Waals surface area contributed by atoms with Gasteiger partial charge in [0.15, 0.2) is 0 Å². The van der Waals surface area contributed by atoms with Crippen molar-refractivity contribution >= 4 is 5.57 Å². The Balaban J connectivity index is 1.96. The highest BCUT2D eigenvalue weighted by Gasteiger charge is 2.34. The van der Waals surface area contributed by atoms with Crippen LogP contribution in [0.15, 0.2) is 24.3 Å². The number of hydrogen-bond donors (Lipinski definition) is 0. The van der Waals surface area contributed by atoms with E-state index in [0.29, 0.717) is 17.6 Å². The molecule has 1 fully saturated rings. The first-order valence-corrected chi connectivity index (χ1v) is 6.72. The summed E-state index contributed by atoms with van der Waals surface area (Å²) in [5.41, 5.74) is 1.56. The van der Waals surface area contributed by atoms with Gasteiger partial charge >= 0.3 is 6.61 Å². The molecule has 0 aliphatic carbocycles. The number of ether oxygens (including phenoxy) is 1. The first kappa shape index (κ1) is 13.5. The van der Waals surface area contributed by atoms with E-state index in [4.69, 9.17) is 0 Å². The number of nitrogens with zero attached hydrogens (tertiary/aromatic N) is 1. The van der Waals surface area contributed by atoms with Crippen LogP contribution in [0.3, 0.4) is 0 Å². The molecule has 2 unspecified atom stereocenters. The van der Waals surface area contributed by atoms with E-state index in [1.54, 1.807) is 0 Å². The Morgan fingerprint density at radius 1 is 1.30 bits per heavy atom. The summed E-state index contributed by atoms with van der Waals surface area (Å²) >= 11 is 0. The van der Waals surface area contributed by atoms with Crippen molar-refractivity contribution in [3.63, 3.8) is 0 Å². The van der Waals surface area contributed by atoms with E-state index >= 15 is 0 Å². The minimum Gasteiger partial charge on any atom is -0.434 e. The van der Waals surface area contributed by atoms with Gasteiger partial charge in [-0.2, -0.15) is 8.78 Å². The van der Waals surface area contributed by atoms with Gasteiger partial charge in [0.25, 0.3) is 0 Å². The van der Waals surface area contributed by atoms with Gasteiger partial charge in [0.1, 0.15) is 11.6 Å². The average Bonchev–Trinajstić information content (AvgIpc) is 2.61. The van der Waals surface area contributed by atoms with Gasteiger partial charge < -0.3 is 4.74 Å². The van der Waals surface area contributed by atoms with E-state index in [9.17, 15) is 13.2 Å². The van der Waals surface area contributed by atoms with Gasteiger partial charge in [0, 0.05) is 23.7 Å². The number of benzene rings is 1. The summed E-state index contributed by atoms with van der Waals surface area (Å²) in [6, 6.07) is 4.62. The lowest BCUT2D eigenvalue weighted by atomic mass is 9.94. The van der Waals surface area contributed by atoms with Crippen LogP contribution >= 0.6 is 0 Å². The van der Waals surface area contributed by atoms with Gasteiger partial charge in [-0.3, -0.25) is 4.90 Å². The molecule has 2 bridgehead atoms. The van der Waals surface area contributed by atoms with E-state index in [0.717, 1.165) is 30.9 Å². The number of likely N-dealkylation sites (N-methyl/N-ethyl adjacent to an activating group) is 1. The lowest BCUT2D eigenvalue weighted by Crippen LogP contribution is -2.34. The Bertz CT molecular complexity index is 544. The number of halogens is 3. The SMILES string of the molecule is CN1C2C=C(c3ccc(F)cc3OC(F)F)CC1CC2. The third-order valence-electron chi connectivity index (χ3n) is 4.25. The molecule has 2 aliphatic rings. The lowest BCUT2D eigenvalue weighted by molar-refractivity contribution is -0.0502. The molecule has 0 radical (unpaired) electrons. The summed E-state index contributed by atoms with van der Waals surface area (Å²) in [5, 5.41) is 0. The highest BCUT2D eigenvalue weighted by Crippen LogP contribution is 2.40. The third-order valence-corrected chi connectivity index (χ3v) is 4.25. The molecule has 1 aromatic carbocycles. The first-order chi connectivity index (χ1) is 9.54. The van der Waals surface area contributed by atoms with E-state index in [-0.39, 0.29) is 5.75 Å². The minimum absolute atomic E-state index is 0.0739. The first-order valence-electron chi connectivity index (χ1n) is 6.72. The smallest absolute Gasteiger partial charge is 0.387 e. The van der Waals surface area contributed by atoms with Crippen LogP contribution in [0, 0.1) is 5.82 Å². The van der Waals surface area contributed by atoms with Crippen LogP contribution < -0.4 is 4.74 Å². The molecule has 2 nitrogen and oxygen atoms in total. The number of alkyl halides is 2. The van der Waals surface area contributed by atoms with Crippen LogP contribution in [0.25, 0.3) is 5.57 Å². The van der Waals surface area contributed by atoms with Gasteiger partial charge in [-0.15, -0.1) is 0 Å². The fraction of sp³-hybridized carbons (Fsp3) is 0.467. The maximum atomic E-state index is 13.2. The molecule has 2 aliphatic heterocycles. The molecule has 1 saturated heterocycles. The zero-order chi connectivity index (χ0) is 14.3. The molecule has 3 rings (SSSR count). The Kier molecular flexibility index (Phi) is 3.46. The molecule has 1 aromatic rings. The second kappa shape index (κ2) is 5.13. The van der Waals surface area contributed by atoms with Crippen LogP contribution in [0.1, 0.15) is 24.8 Å². The van der Waals surface area contributed by atoms with E-state index in [2.05, 4.69) is 22.8 Å². The van der Waals surface area contributed by atoms with Gasteiger partial charge in [0.2, 0.25) is 0 Å². The summed E-state index contributed by atoms with van der Waals surface area (Å²) in [6.07, 6.45) is 5.07. The number of rotatable bonds is 3. The zero-order valence-electron chi connectivity index (χ0n) is 11.2. The standard InChI is InChI=1S/C15H16F3NO/c1-19-11-3-4-12(19)7-9(6-11)13-5-2-10(16)8-14(13)20-15(17)18/h2,5-6,8,11-12,15H,3-4,7H2,1H3. The van der Waals surface area contributed by atoms with Crippen LogP contribution in [-0.2, 0) is 0 Å². The predicted octanol–water partition coefficient (Wildman–Crippen LogP) is 3.68. The zero-order valence-corrected chi connectivity index (χ0v) is 11.2. The van der Waals surface area contributed by atoms with Crippen LogP contribution in [0.2, 0.25) is 0 Å². The van der Waals surface area contributed by atoms with Crippen molar-refractivity contribution in [3.8, 4) is 5.75 Å². The molecule has 5 heteroatoms. The van der Waals surface area contributed by atoms with Crippen molar-refractivity contribution in [2.24, 2.45) is 0 Å². The second-order valence-electron chi connectivity index (χ2n) is 5.38. The molecule has 0 spiro atoms. The highest BCUT2D eigenvalue weighted by atomic mass is 19.3. The molecule has 2 atom stereocenters. The summed E-state index contributed by atoms with van der Waals surface area (Å²) < 4.78 is 42.6. The molecule has 0 saturated carbocycles. The predicted molar refractivity (Wildman–Crippen MR) is 70.2 cm³/mol. The van der Waals surface area contributed by atoms with Gasteiger partial charge in [-0.1, -0.05) is 6.08 Å². The van der Waals surface area contributed by atoms with Crippen molar-refractivity contribution in [1.82, 2.24) is 4.90 Å². The van der Waals surface area contributed by atoms with Crippen molar-refractivity contribution in [1.29, 1.82) is 0 Å². The summed E-state index contributed by atoms with van der Waals surface area (Å²) in [5.74, 6) is -0.642. The minimum atomic E-state index is -2.95. The molecule has 20 heavy (non-hydrogen) atoms. The Labute approximate surface area is 115 Å². The second-order valence-corrected chi connectivity index (χ2v) is 5.38. The third kappa shape index (κ3) is 2.42. The monoisotopic (exact) mass is 283 g/mol. The lowest BCUT2D eigenvalue weighted by Gasteiger charge is -2.31. The topological polar surface area (TPSA) is 12.5 Å².